The molecule has 9 nitrogen and oxygen atoms in total. The fourth-order valence-electron chi connectivity index (χ4n) is 6.61. The highest BCUT2D eigenvalue weighted by Gasteiger charge is 2.32. The summed E-state index contributed by atoms with van der Waals surface area (Å²) in [5, 5.41) is 17.5. The van der Waals surface area contributed by atoms with E-state index in [1.807, 2.05) is 13.8 Å². The highest BCUT2D eigenvalue weighted by atomic mass is 16.5. The first-order valence-electron chi connectivity index (χ1n) is 16.9. The zero-order valence-corrected chi connectivity index (χ0v) is 28.0. The van der Waals surface area contributed by atoms with Crippen LogP contribution in [0, 0.1) is 23.7 Å². The van der Waals surface area contributed by atoms with Gasteiger partial charge in [0.15, 0.2) is 0 Å². The summed E-state index contributed by atoms with van der Waals surface area (Å²) in [6.07, 6.45) is 8.13. The Bertz CT molecular complexity index is 1040. The van der Waals surface area contributed by atoms with Crippen LogP contribution in [0.25, 0.3) is 0 Å². The first-order chi connectivity index (χ1) is 21.0. The Morgan fingerprint density at radius 1 is 0.977 bits per heavy atom. The number of carbonyl (C=O) groups is 2. The van der Waals surface area contributed by atoms with Crippen molar-refractivity contribution in [3.63, 3.8) is 0 Å². The molecule has 2 aliphatic carbocycles. The van der Waals surface area contributed by atoms with Crippen LogP contribution in [0.3, 0.4) is 0 Å². The number of nitrogens with two attached hydrogens (primary N) is 1. The minimum Gasteiger partial charge on any atom is -0.491 e. The van der Waals surface area contributed by atoms with Crippen LogP contribution in [0.15, 0.2) is 12.1 Å². The number of aliphatic hydroxyl groups is 1. The number of nitrogens with one attached hydrogen (secondary N) is 2. The monoisotopic (exact) mass is 617 g/mol. The van der Waals surface area contributed by atoms with E-state index in [-0.39, 0.29) is 54.1 Å². The van der Waals surface area contributed by atoms with Gasteiger partial charge in [-0.15, -0.1) is 0 Å². The van der Waals surface area contributed by atoms with E-state index in [1.54, 1.807) is 14.2 Å². The van der Waals surface area contributed by atoms with Crippen molar-refractivity contribution in [3.8, 4) is 5.75 Å². The number of hydrogen-bond donors (Lipinski definition) is 4. The molecule has 1 aromatic rings. The number of amides is 2. The molecule has 5 N–H and O–H groups in total. The minimum absolute atomic E-state index is 0.0125. The molecular weight excluding hydrogens is 558 g/mol. The number of aliphatic hydroxyl groups excluding tert-OH is 1. The Morgan fingerprint density at radius 3 is 2.27 bits per heavy atom. The van der Waals surface area contributed by atoms with Gasteiger partial charge in [0.1, 0.15) is 5.75 Å². The molecule has 0 aromatic heterocycles. The number of anilines is 1. The number of ether oxygens (including phenoxy) is 3. The van der Waals surface area contributed by atoms with Crippen LogP contribution in [0.4, 0.5) is 5.69 Å². The van der Waals surface area contributed by atoms with E-state index in [0.29, 0.717) is 37.5 Å². The number of benzene rings is 1. The second-order valence-electron chi connectivity index (χ2n) is 13.7. The van der Waals surface area contributed by atoms with Crippen LogP contribution in [0.1, 0.15) is 96.6 Å². The lowest BCUT2D eigenvalue weighted by atomic mass is 9.81. The quantitative estimate of drug-likeness (QED) is 0.170. The van der Waals surface area contributed by atoms with E-state index < -0.39 is 12.1 Å². The minimum atomic E-state index is -0.842. The molecule has 0 unspecified atom stereocenters. The number of carbonyl (C=O) groups excluding carboxylic acids is 2. The van der Waals surface area contributed by atoms with Crippen molar-refractivity contribution in [2.75, 3.05) is 32.8 Å². The molecule has 1 saturated carbocycles. The van der Waals surface area contributed by atoms with Crippen molar-refractivity contribution in [2.45, 2.75) is 123 Å². The molecule has 0 radical (unpaired) electrons. The van der Waals surface area contributed by atoms with E-state index in [1.165, 1.54) is 11.1 Å². The van der Waals surface area contributed by atoms with Gasteiger partial charge in [0.05, 0.1) is 24.5 Å². The number of rotatable bonds is 18. The number of methoxy groups -OCH3 is 2. The van der Waals surface area contributed by atoms with E-state index in [9.17, 15) is 14.7 Å². The molecule has 4 atom stereocenters. The molecule has 1 fully saturated rings. The topological polar surface area (TPSA) is 132 Å². The summed E-state index contributed by atoms with van der Waals surface area (Å²) in [7, 11) is 3.41. The van der Waals surface area contributed by atoms with Crippen LogP contribution < -0.4 is 21.1 Å². The van der Waals surface area contributed by atoms with E-state index in [4.69, 9.17) is 19.9 Å². The lowest BCUT2D eigenvalue weighted by Crippen LogP contribution is -2.46. The first kappa shape index (κ1) is 36.3. The lowest BCUT2D eigenvalue weighted by Gasteiger charge is -2.32. The van der Waals surface area contributed by atoms with Gasteiger partial charge in [0.2, 0.25) is 11.8 Å². The maximum absolute atomic E-state index is 13.3. The van der Waals surface area contributed by atoms with E-state index in [2.05, 4.69) is 36.6 Å². The first-order valence-corrected chi connectivity index (χ1v) is 16.9. The number of fused-ring (bicyclic) bond motifs is 1. The van der Waals surface area contributed by atoms with Crippen LogP contribution in [0.2, 0.25) is 0 Å². The maximum atomic E-state index is 13.3. The Balaban J connectivity index is 1.57. The fraction of sp³-hybridized carbons (Fsp3) is 0.771. The van der Waals surface area contributed by atoms with Gasteiger partial charge in [-0.25, -0.2) is 0 Å². The summed E-state index contributed by atoms with van der Waals surface area (Å²) in [5.74, 6) is 0.496. The Morgan fingerprint density at radius 2 is 1.66 bits per heavy atom. The van der Waals surface area contributed by atoms with Crippen molar-refractivity contribution in [1.29, 1.82) is 0 Å². The molecule has 3 rings (SSSR count). The predicted octanol–water partition coefficient (Wildman–Crippen LogP) is 5.01. The summed E-state index contributed by atoms with van der Waals surface area (Å²) < 4.78 is 16.7. The molecule has 0 heterocycles. The fourth-order valence-corrected chi connectivity index (χ4v) is 6.61. The Kier molecular flexibility index (Phi) is 14.9. The largest absolute Gasteiger partial charge is 0.491 e. The molecule has 0 saturated heterocycles. The average Bonchev–Trinajstić information content (AvgIpc) is 3.44. The molecule has 9 heteroatoms. The van der Waals surface area contributed by atoms with E-state index in [0.717, 1.165) is 51.4 Å². The molecule has 0 aliphatic heterocycles. The normalized spacial score (nSPS) is 21.0. The van der Waals surface area contributed by atoms with Crippen molar-refractivity contribution in [3.05, 3.63) is 23.3 Å². The van der Waals surface area contributed by atoms with Crippen molar-refractivity contribution in [1.82, 2.24) is 5.32 Å². The van der Waals surface area contributed by atoms with Crippen LogP contribution in [-0.4, -0.2) is 68.6 Å². The third-order valence-corrected chi connectivity index (χ3v) is 9.67. The van der Waals surface area contributed by atoms with Crippen molar-refractivity contribution in [2.24, 2.45) is 29.4 Å². The smallest absolute Gasteiger partial charge is 0.224 e. The van der Waals surface area contributed by atoms with Crippen molar-refractivity contribution < 1.29 is 28.9 Å². The van der Waals surface area contributed by atoms with Gasteiger partial charge in [-0.05, 0) is 98.8 Å². The van der Waals surface area contributed by atoms with Gasteiger partial charge in [-0.3, -0.25) is 9.59 Å². The second kappa shape index (κ2) is 18.1. The molecule has 2 aliphatic rings. The van der Waals surface area contributed by atoms with Gasteiger partial charge in [-0.1, -0.05) is 27.7 Å². The summed E-state index contributed by atoms with van der Waals surface area (Å²) in [6.45, 7) is 9.33. The van der Waals surface area contributed by atoms with Gasteiger partial charge >= 0.3 is 0 Å². The second-order valence-corrected chi connectivity index (χ2v) is 13.7. The molecule has 2 amide bonds. The SMILES string of the molecule is COCCCOc1cc2c(cc1NC(=O)C[C@@H](C[C@H](N)[C@@H](O)C[C@H](C(=O)NC1CCC(OC)CC1)C(C)C)C(C)C)CCC2. The maximum Gasteiger partial charge on any atom is 0.224 e. The van der Waals surface area contributed by atoms with Crippen LogP contribution in [0.5, 0.6) is 5.75 Å². The third-order valence-electron chi connectivity index (χ3n) is 9.67. The summed E-state index contributed by atoms with van der Waals surface area (Å²) in [4.78, 5) is 26.6. The lowest BCUT2D eigenvalue weighted by molar-refractivity contribution is -0.128. The zero-order valence-electron chi connectivity index (χ0n) is 28.0. The molecule has 0 spiro atoms. The molecular formula is C35H59N3O6. The average molecular weight is 618 g/mol. The summed E-state index contributed by atoms with van der Waals surface area (Å²) >= 11 is 0. The highest BCUT2D eigenvalue weighted by Crippen LogP contribution is 2.34. The van der Waals surface area contributed by atoms with Crippen LogP contribution in [-0.2, 0) is 31.9 Å². The third kappa shape index (κ3) is 11.0. The standard InChI is InChI=1S/C35H59N3O6/c1-22(2)26(20-34(40)38-31-18-24-9-7-10-25(24)19-33(31)44-16-8-15-42-5)17-30(36)32(39)21-29(23(3)4)35(41)37-27-11-13-28(43-6)14-12-27/h18-19,22-23,26-30,32,39H,7-17,20-21,36H2,1-6H3,(H,37,41)(H,38,40)/t26-,27?,28?,29+,30+,32+/m1/s1. The van der Waals surface area contributed by atoms with Gasteiger partial charge in [0.25, 0.3) is 0 Å². The molecule has 1 aromatic carbocycles. The summed E-state index contributed by atoms with van der Waals surface area (Å²) in [5.41, 5.74) is 9.82. The molecule has 44 heavy (non-hydrogen) atoms. The van der Waals surface area contributed by atoms with E-state index >= 15 is 0 Å². The predicted molar refractivity (Wildman–Crippen MR) is 175 cm³/mol. The van der Waals surface area contributed by atoms with Gasteiger partial charge in [-0.2, -0.15) is 0 Å². The van der Waals surface area contributed by atoms with Crippen LogP contribution >= 0.6 is 0 Å². The Hall–Kier alpha value is -2.20. The van der Waals surface area contributed by atoms with Gasteiger partial charge < -0.3 is 35.7 Å². The Labute approximate surface area is 265 Å². The number of aryl methyl sites for hydroxylation is 2. The summed E-state index contributed by atoms with van der Waals surface area (Å²) in [6, 6.07) is 3.74. The van der Waals surface area contributed by atoms with Gasteiger partial charge in [0, 0.05) is 51.7 Å². The zero-order chi connectivity index (χ0) is 32.2. The van der Waals surface area contributed by atoms with Crippen molar-refractivity contribution >= 4 is 17.5 Å². The molecule has 0 bridgehead atoms. The number of hydrogen-bond acceptors (Lipinski definition) is 7. The molecule has 250 valence electrons. The highest BCUT2D eigenvalue weighted by molar-refractivity contribution is 5.92.